The lowest BCUT2D eigenvalue weighted by Gasteiger charge is -2.16. The van der Waals surface area contributed by atoms with Gasteiger partial charge in [0.1, 0.15) is 5.82 Å². The summed E-state index contributed by atoms with van der Waals surface area (Å²) >= 11 is 5.98. The second-order valence-electron chi connectivity index (χ2n) is 6.45. The van der Waals surface area contributed by atoms with Crippen molar-refractivity contribution < 1.29 is 19.2 Å². The summed E-state index contributed by atoms with van der Waals surface area (Å²) in [6, 6.07) is 18.4. The molecule has 0 aromatic heterocycles. The van der Waals surface area contributed by atoms with Gasteiger partial charge in [-0.25, -0.2) is 9.87 Å². The van der Waals surface area contributed by atoms with Crippen molar-refractivity contribution in [1.82, 2.24) is 5.48 Å². The highest BCUT2D eigenvalue weighted by Crippen LogP contribution is 2.27. The van der Waals surface area contributed by atoms with Crippen LogP contribution >= 0.6 is 11.6 Å². The van der Waals surface area contributed by atoms with Crippen LogP contribution in [0.5, 0.6) is 0 Å². The van der Waals surface area contributed by atoms with E-state index in [1.807, 2.05) is 6.07 Å². The first-order valence-corrected chi connectivity index (χ1v) is 9.15. The molecule has 3 rings (SSSR count). The normalized spacial score (nSPS) is 11.6. The van der Waals surface area contributed by atoms with E-state index in [0.717, 1.165) is 0 Å². The van der Waals surface area contributed by atoms with Crippen LogP contribution in [-0.4, -0.2) is 17.0 Å². The highest BCUT2D eigenvalue weighted by molar-refractivity contribution is 6.34. The number of halogens is 2. The minimum atomic E-state index is -0.727. The van der Waals surface area contributed by atoms with Crippen LogP contribution in [0.2, 0.25) is 5.02 Å². The Bertz CT molecular complexity index is 1040. The standard InChI is InChI=1S/C22H18ClFN2O3/c1-13-7-12-17(23)19(20(13)24)21(27)25-16-10-8-15(9-11-16)18(22(28)26-29)14-5-3-2-4-6-14/h2-12,18,29H,1H3,(H,25,27)(H,26,28). The van der Waals surface area contributed by atoms with Gasteiger partial charge < -0.3 is 5.32 Å². The van der Waals surface area contributed by atoms with E-state index in [4.69, 9.17) is 16.8 Å². The van der Waals surface area contributed by atoms with Crippen LogP contribution in [0.15, 0.2) is 66.7 Å². The third kappa shape index (κ3) is 4.45. The van der Waals surface area contributed by atoms with Gasteiger partial charge in [-0.05, 0) is 41.8 Å². The Kier molecular flexibility index (Phi) is 6.26. The number of benzene rings is 3. The minimum absolute atomic E-state index is 0.0194. The summed E-state index contributed by atoms with van der Waals surface area (Å²) in [4.78, 5) is 24.7. The van der Waals surface area contributed by atoms with Gasteiger partial charge in [0.2, 0.25) is 0 Å². The lowest BCUT2D eigenvalue weighted by Crippen LogP contribution is -2.27. The predicted octanol–water partition coefficient (Wildman–Crippen LogP) is 4.68. The van der Waals surface area contributed by atoms with Crippen LogP contribution in [0.3, 0.4) is 0 Å². The molecule has 0 saturated carbocycles. The van der Waals surface area contributed by atoms with E-state index in [-0.39, 0.29) is 10.6 Å². The van der Waals surface area contributed by atoms with Gasteiger partial charge in [-0.2, -0.15) is 0 Å². The van der Waals surface area contributed by atoms with Crippen molar-refractivity contribution in [2.75, 3.05) is 5.32 Å². The molecule has 0 fully saturated rings. The zero-order valence-corrected chi connectivity index (χ0v) is 16.2. The van der Waals surface area contributed by atoms with Gasteiger partial charge in [-0.3, -0.25) is 14.8 Å². The Labute approximate surface area is 172 Å². The number of carbonyl (C=O) groups excluding carboxylic acids is 2. The highest BCUT2D eigenvalue weighted by atomic mass is 35.5. The van der Waals surface area contributed by atoms with E-state index in [1.54, 1.807) is 60.9 Å². The molecule has 0 heterocycles. The third-order valence-corrected chi connectivity index (χ3v) is 4.83. The number of aryl methyl sites for hydroxylation is 1. The van der Waals surface area contributed by atoms with Crippen molar-refractivity contribution in [3.05, 3.63) is 99.8 Å². The Morgan fingerprint density at radius 1 is 0.966 bits per heavy atom. The molecule has 5 nitrogen and oxygen atoms in total. The van der Waals surface area contributed by atoms with Crippen molar-refractivity contribution in [2.45, 2.75) is 12.8 Å². The summed E-state index contributed by atoms with van der Waals surface area (Å²) in [6.45, 7) is 1.55. The van der Waals surface area contributed by atoms with Crippen LogP contribution in [0, 0.1) is 12.7 Å². The number of nitrogens with one attached hydrogen (secondary N) is 2. The fraction of sp³-hybridized carbons (Fsp3) is 0.0909. The minimum Gasteiger partial charge on any atom is -0.322 e. The van der Waals surface area contributed by atoms with Crippen molar-refractivity contribution in [3.63, 3.8) is 0 Å². The topological polar surface area (TPSA) is 78.4 Å². The van der Waals surface area contributed by atoms with Crippen LogP contribution < -0.4 is 10.8 Å². The lowest BCUT2D eigenvalue weighted by molar-refractivity contribution is -0.129. The summed E-state index contributed by atoms with van der Waals surface area (Å²) in [6.07, 6.45) is 0. The Balaban J connectivity index is 1.85. The fourth-order valence-electron chi connectivity index (χ4n) is 3.02. The first-order chi connectivity index (χ1) is 13.9. The Hall–Kier alpha value is -3.22. The van der Waals surface area contributed by atoms with Crippen molar-refractivity contribution in [1.29, 1.82) is 0 Å². The van der Waals surface area contributed by atoms with E-state index in [1.165, 1.54) is 12.1 Å². The predicted molar refractivity (Wildman–Crippen MR) is 109 cm³/mol. The molecule has 0 radical (unpaired) electrons. The molecule has 0 aliphatic rings. The number of carbonyl (C=O) groups is 2. The van der Waals surface area contributed by atoms with Gasteiger partial charge in [0.05, 0.1) is 16.5 Å². The van der Waals surface area contributed by atoms with E-state index < -0.39 is 23.5 Å². The summed E-state index contributed by atoms with van der Waals surface area (Å²) < 4.78 is 14.3. The average Bonchev–Trinajstić information content (AvgIpc) is 2.73. The highest BCUT2D eigenvalue weighted by Gasteiger charge is 2.23. The second-order valence-corrected chi connectivity index (χ2v) is 6.86. The van der Waals surface area contributed by atoms with Crippen LogP contribution in [0.4, 0.5) is 10.1 Å². The summed E-state index contributed by atoms with van der Waals surface area (Å²) in [5, 5.41) is 11.7. The van der Waals surface area contributed by atoms with Gasteiger partial charge >= 0.3 is 0 Å². The van der Waals surface area contributed by atoms with E-state index >= 15 is 0 Å². The molecule has 1 atom stereocenters. The summed E-state index contributed by atoms with van der Waals surface area (Å²) in [5.41, 5.74) is 3.49. The lowest BCUT2D eigenvalue weighted by atomic mass is 9.90. The van der Waals surface area contributed by atoms with Gasteiger partial charge in [0.15, 0.2) is 0 Å². The van der Waals surface area contributed by atoms with Crippen LogP contribution in [0.25, 0.3) is 0 Å². The van der Waals surface area contributed by atoms with Crippen molar-refractivity contribution in [2.24, 2.45) is 0 Å². The molecule has 0 saturated heterocycles. The molecule has 7 heteroatoms. The molecule has 0 bridgehead atoms. The zero-order chi connectivity index (χ0) is 21.0. The smallest absolute Gasteiger partial charge is 0.260 e. The van der Waals surface area contributed by atoms with Gasteiger partial charge in [-0.1, -0.05) is 60.1 Å². The Morgan fingerprint density at radius 2 is 1.59 bits per heavy atom. The molecule has 3 N–H and O–H groups in total. The van der Waals surface area contributed by atoms with Crippen molar-refractivity contribution in [3.8, 4) is 0 Å². The molecule has 29 heavy (non-hydrogen) atoms. The number of amides is 2. The average molecular weight is 413 g/mol. The number of hydrogen-bond donors (Lipinski definition) is 3. The molecular weight excluding hydrogens is 395 g/mol. The van der Waals surface area contributed by atoms with E-state index in [0.29, 0.717) is 22.4 Å². The number of rotatable bonds is 5. The molecule has 1 unspecified atom stereocenters. The molecule has 0 spiro atoms. The molecule has 3 aromatic rings. The SMILES string of the molecule is Cc1ccc(Cl)c(C(=O)Nc2ccc(C(C(=O)NO)c3ccccc3)cc2)c1F. The van der Waals surface area contributed by atoms with Gasteiger partial charge in [-0.15, -0.1) is 0 Å². The second kappa shape index (κ2) is 8.86. The molecule has 148 valence electrons. The largest absolute Gasteiger partial charge is 0.322 e. The van der Waals surface area contributed by atoms with Gasteiger partial charge in [0.25, 0.3) is 11.8 Å². The number of hydroxylamine groups is 1. The summed E-state index contributed by atoms with van der Waals surface area (Å²) in [7, 11) is 0. The zero-order valence-electron chi connectivity index (χ0n) is 15.4. The molecule has 0 aliphatic heterocycles. The maximum atomic E-state index is 14.3. The first-order valence-electron chi connectivity index (χ1n) is 8.77. The quantitative estimate of drug-likeness (QED) is 0.420. The maximum Gasteiger partial charge on any atom is 0.260 e. The monoisotopic (exact) mass is 412 g/mol. The number of anilines is 1. The van der Waals surface area contributed by atoms with Crippen LogP contribution in [0.1, 0.15) is 33.0 Å². The maximum absolute atomic E-state index is 14.3. The van der Waals surface area contributed by atoms with Crippen LogP contribution in [-0.2, 0) is 4.79 Å². The molecule has 0 aliphatic carbocycles. The van der Waals surface area contributed by atoms with Gasteiger partial charge in [0, 0.05) is 5.69 Å². The van der Waals surface area contributed by atoms with E-state index in [9.17, 15) is 14.0 Å². The van der Waals surface area contributed by atoms with Crippen molar-refractivity contribution >= 4 is 29.1 Å². The molecule has 2 amide bonds. The molecular formula is C22H18ClFN2O3. The van der Waals surface area contributed by atoms with E-state index in [2.05, 4.69) is 5.32 Å². The fourth-order valence-corrected chi connectivity index (χ4v) is 3.25. The summed E-state index contributed by atoms with van der Waals surface area (Å²) in [5.74, 6) is -2.65. The third-order valence-electron chi connectivity index (χ3n) is 4.52. The first kappa shape index (κ1) is 20.5. The Morgan fingerprint density at radius 3 is 2.21 bits per heavy atom. The number of hydrogen-bond acceptors (Lipinski definition) is 3. The molecule has 3 aromatic carbocycles.